The fourth-order valence-corrected chi connectivity index (χ4v) is 3.01. The van der Waals surface area contributed by atoms with E-state index in [0.717, 1.165) is 13.1 Å². The fraction of sp³-hybridized carbons (Fsp3) is 0.800. The van der Waals surface area contributed by atoms with E-state index < -0.39 is 0 Å². The molecule has 1 aromatic heterocycles. The quantitative estimate of drug-likeness (QED) is 0.884. The topological polar surface area (TPSA) is 33.1 Å². The fourth-order valence-electron chi connectivity index (χ4n) is 3.01. The van der Waals surface area contributed by atoms with E-state index in [2.05, 4.69) is 47.6 Å². The molecule has 1 N–H and O–H groups in total. The minimum absolute atomic E-state index is 0.606. The summed E-state index contributed by atoms with van der Waals surface area (Å²) in [4.78, 5) is 6.78. The normalized spacial score (nSPS) is 25.1. The minimum Gasteiger partial charge on any atom is -0.330 e. The molecule has 0 radical (unpaired) electrons. The number of rotatable bonds is 5. The molecule has 4 heteroatoms. The molecule has 2 atom stereocenters. The number of aromatic nitrogens is 2. The maximum atomic E-state index is 4.36. The van der Waals surface area contributed by atoms with Crippen LogP contribution in [0.15, 0.2) is 12.5 Å². The molecular weight excluding hydrogens is 236 g/mol. The Labute approximate surface area is 117 Å². The molecule has 0 aromatic carbocycles. The van der Waals surface area contributed by atoms with E-state index in [1.54, 1.807) is 0 Å². The van der Waals surface area contributed by atoms with Gasteiger partial charge in [0.05, 0.1) is 12.0 Å². The summed E-state index contributed by atoms with van der Waals surface area (Å²) in [7, 11) is 2.21. The van der Waals surface area contributed by atoms with Gasteiger partial charge in [-0.1, -0.05) is 20.8 Å². The molecule has 0 amide bonds. The van der Waals surface area contributed by atoms with Gasteiger partial charge in [-0.25, -0.2) is 4.98 Å². The summed E-state index contributed by atoms with van der Waals surface area (Å²) in [6.07, 6.45) is 5.25. The van der Waals surface area contributed by atoms with Crippen molar-refractivity contribution in [1.82, 2.24) is 19.8 Å². The Morgan fingerprint density at radius 3 is 2.95 bits per heavy atom. The average Bonchev–Trinajstić information content (AvgIpc) is 2.77. The minimum atomic E-state index is 0.606. The first-order valence-electron chi connectivity index (χ1n) is 7.48. The number of nitrogens with one attached hydrogen (secondary N) is 1. The van der Waals surface area contributed by atoms with E-state index in [9.17, 15) is 0 Å². The van der Waals surface area contributed by atoms with Crippen molar-refractivity contribution in [2.45, 2.75) is 39.8 Å². The predicted octanol–water partition coefficient (Wildman–Crippen LogP) is 2.14. The standard InChI is InChI=1S/C15H28N4/c1-12(2)7-16-8-14-9-17-11-19(14)15-5-6-18(4)10-13(15)3/h9,11-13,15-16H,5-8,10H2,1-4H3. The number of nitrogens with zero attached hydrogens (tertiary/aromatic N) is 3. The third-order valence-electron chi connectivity index (χ3n) is 4.03. The molecule has 4 nitrogen and oxygen atoms in total. The number of hydrogen-bond acceptors (Lipinski definition) is 3. The Balaban J connectivity index is 1.98. The van der Waals surface area contributed by atoms with Crippen molar-refractivity contribution < 1.29 is 0 Å². The molecule has 2 rings (SSSR count). The molecule has 1 fully saturated rings. The second kappa shape index (κ2) is 6.53. The van der Waals surface area contributed by atoms with Crippen LogP contribution in [0, 0.1) is 11.8 Å². The van der Waals surface area contributed by atoms with E-state index in [4.69, 9.17) is 0 Å². The highest BCUT2D eigenvalue weighted by atomic mass is 15.2. The Hall–Kier alpha value is -0.870. The first kappa shape index (κ1) is 14.5. The molecular formula is C15H28N4. The zero-order valence-corrected chi connectivity index (χ0v) is 12.8. The Morgan fingerprint density at radius 2 is 2.26 bits per heavy atom. The van der Waals surface area contributed by atoms with Crippen molar-refractivity contribution in [1.29, 1.82) is 0 Å². The molecule has 1 aromatic rings. The summed E-state index contributed by atoms with van der Waals surface area (Å²) in [6, 6.07) is 0.606. The number of piperidine rings is 1. The van der Waals surface area contributed by atoms with Crippen molar-refractivity contribution in [3.8, 4) is 0 Å². The lowest BCUT2D eigenvalue weighted by Gasteiger charge is -2.36. The van der Waals surface area contributed by atoms with Crippen LogP contribution in [0.3, 0.4) is 0 Å². The summed E-state index contributed by atoms with van der Waals surface area (Å²) in [5.74, 6) is 1.38. The van der Waals surface area contributed by atoms with Crippen LogP contribution in [0.2, 0.25) is 0 Å². The number of likely N-dealkylation sites (tertiary alicyclic amines) is 1. The van der Waals surface area contributed by atoms with Crippen LogP contribution in [0.4, 0.5) is 0 Å². The lowest BCUT2D eigenvalue weighted by Crippen LogP contribution is -2.38. The van der Waals surface area contributed by atoms with Crippen LogP contribution < -0.4 is 5.32 Å². The second-order valence-corrected chi connectivity index (χ2v) is 6.41. The molecule has 19 heavy (non-hydrogen) atoms. The molecule has 108 valence electrons. The van der Waals surface area contributed by atoms with Gasteiger partial charge in [0.1, 0.15) is 0 Å². The molecule has 1 aliphatic heterocycles. The maximum absolute atomic E-state index is 4.36. The molecule has 0 bridgehead atoms. The molecule has 2 heterocycles. The Bertz CT molecular complexity index is 385. The molecule has 0 spiro atoms. The summed E-state index contributed by atoms with van der Waals surface area (Å²) in [5, 5.41) is 3.52. The summed E-state index contributed by atoms with van der Waals surface area (Å²) in [5.41, 5.74) is 1.32. The number of hydrogen-bond donors (Lipinski definition) is 1. The van der Waals surface area contributed by atoms with Crippen LogP contribution in [0.1, 0.15) is 38.9 Å². The SMILES string of the molecule is CC(C)CNCc1cncn1C1CCN(C)CC1C. The van der Waals surface area contributed by atoms with E-state index in [-0.39, 0.29) is 0 Å². The van der Waals surface area contributed by atoms with Gasteiger partial charge in [-0.05, 0) is 38.4 Å². The van der Waals surface area contributed by atoms with Crippen LogP contribution >= 0.6 is 0 Å². The zero-order chi connectivity index (χ0) is 13.8. The smallest absolute Gasteiger partial charge is 0.0951 e. The van der Waals surface area contributed by atoms with E-state index in [0.29, 0.717) is 17.9 Å². The average molecular weight is 264 g/mol. The van der Waals surface area contributed by atoms with Gasteiger partial charge in [0, 0.05) is 25.3 Å². The summed E-state index contributed by atoms with van der Waals surface area (Å²) in [6.45, 7) is 11.2. The van der Waals surface area contributed by atoms with Gasteiger partial charge in [-0.2, -0.15) is 0 Å². The van der Waals surface area contributed by atoms with Gasteiger partial charge < -0.3 is 14.8 Å². The van der Waals surface area contributed by atoms with Gasteiger partial charge in [-0.3, -0.25) is 0 Å². The maximum Gasteiger partial charge on any atom is 0.0951 e. The summed E-state index contributed by atoms with van der Waals surface area (Å²) < 4.78 is 2.39. The second-order valence-electron chi connectivity index (χ2n) is 6.41. The van der Waals surface area contributed by atoms with Gasteiger partial charge in [0.2, 0.25) is 0 Å². The van der Waals surface area contributed by atoms with Crippen molar-refractivity contribution in [3.05, 3.63) is 18.2 Å². The molecule has 2 unspecified atom stereocenters. The third-order valence-corrected chi connectivity index (χ3v) is 4.03. The predicted molar refractivity (Wildman–Crippen MR) is 79.1 cm³/mol. The first-order valence-corrected chi connectivity index (χ1v) is 7.48. The highest BCUT2D eigenvalue weighted by Gasteiger charge is 2.26. The van der Waals surface area contributed by atoms with E-state index in [1.165, 1.54) is 25.2 Å². The highest BCUT2D eigenvalue weighted by molar-refractivity contribution is 5.02. The lowest BCUT2D eigenvalue weighted by molar-refractivity contribution is 0.156. The largest absolute Gasteiger partial charge is 0.330 e. The molecule has 0 aliphatic carbocycles. The van der Waals surface area contributed by atoms with Gasteiger partial charge in [0.25, 0.3) is 0 Å². The lowest BCUT2D eigenvalue weighted by atomic mass is 9.94. The van der Waals surface area contributed by atoms with Crippen LogP contribution in [-0.4, -0.2) is 41.1 Å². The number of imidazole rings is 1. The zero-order valence-electron chi connectivity index (χ0n) is 12.8. The van der Waals surface area contributed by atoms with Gasteiger partial charge in [-0.15, -0.1) is 0 Å². The summed E-state index contributed by atoms with van der Waals surface area (Å²) >= 11 is 0. The first-order chi connectivity index (χ1) is 9.08. The van der Waals surface area contributed by atoms with Crippen molar-refractivity contribution in [2.75, 3.05) is 26.7 Å². The highest BCUT2D eigenvalue weighted by Crippen LogP contribution is 2.28. The van der Waals surface area contributed by atoms with Crippen molar-refractivity contribution >= 4 is 0 Å². The monoisotopic (exact) mass is 264 g/mol. The van der Waals surface area contributed by atoms with Crippen LogP contribution in [0.25, 0.3) is 0 Å². The van der Waals surface area contributed by atoms with Crippen LogP contribution in [-0.2, 0) is 6.54 Å². The van der Waals surface area contributed by atoms with Crippen LogP contribution in [0.5, 0.6) is 0 Å². The van der Waals surface area contributed by atoms with E-state index >= 15 is 0 Å². The third kappa shape index (κ3) is 3.80. The Kier molecular flexibility index (Phi) is 4.99. The van der Waals surface area contributed by atoms with Gasteiger partial charge >= 0.3 is 0 Å². The van der Waals surface area contributed by atoms with E-state index in [1.807, 2.05) is 12.5 Å². The molecule has 1 saturated heterocycles. The molecule has 1 aliphatic rings. The Morgan fingerprint density at radius 1 is 1.47 bits per heavy atom. The van der Waals surface area contributed by atoms with Gasteiger partial charge in [0.15, 0.2) is 0 Å². The van der Waals surface area contributed by atoms with Crippen molar-refractivity contribution in [3.63, 3.8) is 0 Å². The van der Waals surface area contributed by atoms with Crippen molar-refractivity contribution in [2.24, 2.45) is 11.8 Å². The molecule has 0 saturated carbocycles.